The first kappa shape index (κ1) is 10.6. The van der Waals surface area contributed by atoms with Crippen molar-refractivity contribution in [3.05, 3.63) is 52.8 Å². The lowest BCUT2D eigenvalue weighted by Crippen LogP contribution is -2.00. The van der Waals surface area contributed by atoms with Crippen LogP contribution in [0.2, 0.25) is 5.02 Å². The van der Waals surface area contributed by atoms with Crippen LogP contribution in [0.3, 0.4) is 0 Å². The molecule has 0 bridgehead atoms. The molecule has 0 atom stereocenters. The van der Waals surface area contributed by atoms with E-state index in [1.807, 2.05) is 18.2 Å². The highest BCUT2D eigenvalue weighted by atomic mass is 35.5. The summed E-state index contributed by atoms with van der Waals surface area (Å²) in [5.74, 6) is -0.0972. The number of hydrogen-bond acceptors (Lipinski definition) is 4. The molecule has 90 valence electrons. The normalized spacial score (nSPS) is 12.6. The number of halogens is 1. The molecular weight excluding hydrogens is 262 g/mol. The summed E-state index contributed by atoms with van der Waals surface area (Å²) >= 11 is 5.88. The number of benzene rings is 1. The van der Waals surface area contributed by atoms with Crippen LogP contribution < -0.4 is 0 Å². The molecule has 4 rings (SSSR count). The van der Waals surface area contributed by atoms with Gasteiger partial charge in [-0.3, -0.25) is 4.79 Å². The third-order valence-corrected chi connectivity index (χ3v) is 3.34. The first-order chi connectivity index (χ1) is 9.24. The third kappa shape index (κ3) is 1.40. The summed E-state index contributed by atoms with van der Waals surface area (Å²) in [5, 5.41) is 0.477. The number of hydrogen-bond donors (Lipinski definition) is 0. The van der Waals surface area contributed by atoms with Crippen LogP contribution in [0.25, 0.3) is 22.4 Å². The number of nitrogens with zero attached hydrogens (tertiary/aromatic N) is 3. The van der Waals surface area contributed by atoms with Gasteiger partial charge in [-0.05, 0) is 6.07 Å². The van der Waals surface area contributed by atoms with E-state index in [0.717, 1.165) is 5.56 Å². The second-order valence-electron chi connectivity index (χ2n) is 4.29. The van der Waals surface area contributed by atoms with Crippen molar-refractivity contribution in [2.75, 3.05) is 0 Å². The first-order valence-corrected chi connectivity index (χ1v) is 6.09. The van der Waals surface area contributed by atoms with Gasteiger partial charge in [0.2, 0.25) is 5.78 Å². The molecule has 5 heteroatoms. The quantitative estimate of drug-likeness (QED) is 0.492. The Morgan fingerprint density at radius 1 is 1.00 bits per heavy atom. The van der Waals surface area contributed by atoms with Crippen LogP contribution in [0, 0.1) is 0 Å². The number of carbonyl (C=O) groups excluding carboxylic acids is 1. The molecule has 1 aromatic carbocycles. The van der Waals surface area contributed by atoms with Gasteiger partial charge in [-0.1, -0.05) is 35.9 Å². The van der Waals surface area contributed by atoms with Crippen molar-refractivity contribution in [1.29, 1.82) is 0 Å². The Morgan fingerprint density at radius 2 is 1.79 bits per heavy atom. The van der Waals surface area contributed by atoms with Crippen molar-refractivity contribution < 1.29 is 4.79 Å². The highest BCUT2D eigenvalue weighted by Crippen LogP contribution is 2.34. The molecule has 3 aromatic rings. The van der Waals surface area contributed by atoms with E-state index in [1.54, 1.807) is 12.1 Å². The molecule has 1 aliphatic rings. The zero-order valence-electron chi connectivity index (χ0n) is 9.59. The van der Waals surface area contributed by atoms with Crippen LogP contribution in [0.1, 0.15) is 16.1 Å². The van der Waals surface area contributed by atoms with Crippen LogP contribution in [-0.4, -0.2) is 20.7 Å². The summed E-state index contributed by atoms with van der Waals surface area (Å²) in [6.07, 6.45) is 1.52. The predicted molar refractivity (Wildman–Crippen MR) is 71.2 cm³/mol. The van der Waals surface area contributed by atoms with Gasteiger partial charge in [0.1, 0.15) is 16.9 Å². The lowest BCUT2D eigenvalue weighted by Gasteiger charge is -2.01. The Balaban J connectivity index is 2.11. The Kier molecular flexibility index (Phi) is 2.00. The molecular formula is C14H6ClN3O. The van der Waals surface area contributed by atoms with E-state index < -0.39 is 0 Å². The lowest BCUT2D eigenvalue weighted by atomic mass is 10.1. The van der Waals surface area contributed by atoms with Gasteiger partial charge in [0.15, 0.2) is 5.65 Å². The molecule has 0 spiro atoms. The van der Waals surface area contributed by atoms with E-state index >= 15 is 0 Å². The third-order valence-electron chi connectivity index (χ3n) is 3.13. The van der Waals surface area contributed by atoms with Crippen molar-refractivity contribution in [2.24, 2.45) is 0 Å². The summed E-state index contributed by atoms with van der Waals surface area (Å²) in [6.45, 7) is 0. The SMILES string of the molecule is O=C1c2ccccc2-c2nc3ncc(Cl)cc3nc21. The number of aromatic nitrogens is 3. The van der Waals surface area contributed by atoms with Crippen LogP contribution in [0.15, 0.2) is 36.5 Å². The Hall–Kier alpha value is -2.33. The molecule has 0 fully saturated rings. The van der Waals surface area contributed by atoms with E-state index in [1.165, 1.54) is 6.20 Å². The van der Waals surface area contributed by atoms with Crippen LogP contribution in [-0.2, 0) is 0 Å². The molecule has 0 saturated carbocycles. The van der Waals surface area contributed by atoms with E-state index in [2.05, 4.69) is 15.0 Å². The van der Waals surface area contributed by atoms with E-state index in [4.69, 9.17) is 11.6 Å². The fraction of sp³-hybridized carbons (Fsp3) is 0. The monoisotopic (exact) mass is 267 g/mol. The average Bonchev–Trinajstić information content (AvgIpc) is 2.70. The highest BCUT2D eigenvalue weighted by Gasteiger charge is 2.29. The summed E-state index contributed by atoms with van der Waals surface area (Å²) in [6, 6.07) is 9.02. The van der Waals surface area contributed by atoms with Crippen molar-refractivity contribution in [1.82, 2.24) is 15.0 Å². The maximum Gasteiger partial charge on any atom is 0.214 e. The van der Waals surface area contributed by atoms with Crippen LogP contribution in [0.5, 0.6) is 0 Å². The minimum absolute atomic E-state index is 0.0972. The zero-order valence-corrected chi connectivity index (χ0v) is 10.3. The molecule has 2 aromatic heterocycles. The summed E-state index contributed by atoms with van der Waals surface area (Å²) in [7, 11) is 0. The second kappa shape index (κ2) is 3.59. The van der Waals surface area contributed by atoms with Gasteiger partial charge in [-0.25, -0.2) is 15.0 Å². The van der Waals surface area contributed by atoms with Crippen molar-refractivity contribution in [2.45, 2.75) is 0 Å². The fourth-order valence-electron chi connectivity index (χ4n) is 2.28. The van der Waals surface area contributed by atoms with Gasteiger partial charge in [0.05, 0.1) is 5.02 Å². The smallest absolute Gasteiger partial charge is 0.214 e. The molecule has 0 unspecified atom stereocenters. The van der Waals surface area contributed by atoms with E-state index in [9.17, 15) is 4.79 Å². The molecule has 0 aliphatic heterocycles. The molecule has 19 heavy (non-hydrogen) atoms. The number of ketones is 1. The molecule has 0 saturated heterocycles. The highest BCUT2D eigenvalue weighted by molar-refractivity contribution is 6.31. The molecule has 4 nitrogen and oxygen atoms in total. The molecule has 0 radical (unpaired) electrons. The van der Waals surface area contributed by atoms with Crippen LogP contribution in [0.4, 0.5) is 0 Å². The Morgan fingerprint density at radius 3 is 2.63 bits per heavy atom. The lowest BCUT2D eigenvalue weighted by molar-refractivity contribution is 0.103. The predicted octanol–water partition coefficient (Wildman–Crippen LogP) is 2.89. The largest absolute Gasteiger partial charge is 0.287 e. The standard InChI is InChI=1S/C14H6ClN3O/c15-7-5-10-14(16-6-7)18-11-8-3-1-2-4-9(8)13(19)12(11)17-10/h1-6H. The van der Waals surface area contributed by atoms with Gasteiger partial charge < -0.3 is 0 Å². The maximum absolute atomic E-state index is 12.3. The second-order valence-corrected chi connectivity index (χ2v) is 4.73. The summed E-state index contributed by atoms with van der Waals surface area (Å²) in [5.41, 5.74) is 3.45. The molecule has 2 heterocycles. The Bertz CT molecular complexity index is 860. The van der Waals surface area contributed by atoms with Crippen molar-refractivity contribution in [3.63, 3.8) is 0 Å². The van der Waals surface area contributed by atoms with E-state index in [-0.39, 0.29) is 5.78 Å². The molecule has 1 aliphatic carbocycles. The number of pyridine rings is 1. The van der Waals surface area contributed by atoms with E-state index in [0.29, 0.717) is 33.1 Å². The van der Waals surface area contributed by atoms with Gasteiger partial charge >= 0.3 is 0 Å². The minimum Gasteiger partial charge on any atom is -0.287 e. The maximum atomic E-state index is 12.3. The minimum atomic E-state index is -0.0972. The van der Waals surface area contributed by atoms with Gasteiger partial charge in [-0.2, -0.15) is 0 Å². The average molecular weight is 268 g/mol. The molecule has 0 N–H and O–H groups in total. The number of rotatable bonds is 0. The van der Waals surface area contributed by atoms with Crippen molar-refractivity contribution in [3.8, 4) is 11.3 Å². The fourth-order valence-corrected chi connectivity index (χ4v) is 2.44. The van der Waals surface area contributed by atoms with Gasteiger partial charge in [-0.15, -0.1) is 0 Å². The summed E-state index contributed by atoms with van der Waals surface area (Å²) in [4.78, 5) is 25.2. The summed E-state index contributed by atoms with van der Waals surface area (Å²) < 4.78 is 0. The molecule has 0 amide bonds. The topological polar surface area (TPSA) is 55.7 Å². The first-order valence-electron chi connectivity index (χ1n) is 5.71. The van der Waals surface area contributed by atoms with Crippen molar-refractivity contribution >= 4 is 28.5 Å². The van der Waals surface area contributed by atoms with Gasteiger partial charge in [0.25, 0.3) is 0 Å². The van der Waals surface area contributed by atoms with Gasteiger partial charge in [0, 0.05) is 17.3 Å². The van der Waals surface area contributed by atoms with Crippen LogP contribution >= 0.6 is 11.6 Å². The number of fused-ring (bicyclic) bond motifs is 4. The zero-order chi connectivity index (χ0) is 13.0. The Labute approximate surface area is 113 Å². The number of carbonyl (C=O) groups is 1.